The molecule has 1 saturated carbocycles. The van der Waals surface area contributed by atoms with Crippen LogP contribution in [0.2, 0.25) is 0 Å². The van der Waals surface area contributed by atoms with Crippen molar-refractivity contribution in [1.29, 1.82) is 0 Å². The Bertz CT molecular complexity index is 578. The third-order valence-electron chi connectivity index (χ3n) is 4.22. The lowest BCUT2D eigenvalue weighted by Crippen LogP contribution is -2.39. The molecule has 3 nitrogen and oxygen atoms in total. The summed E-state index contributed by atoms with van der Waals surface area (Å²) in [7, 11) is -3.42. The molecule has 1 aliphatic carbocycles. The van der Waals surface area contributed by atoms with Gasteiger partial charge in [-0.15, -0.1) is 0 Å². The largest absolute Gasteiger partial charge is 0.292 e. The molecule has 0 aliphatic heterocycles. The number of Topliss-reactive ketones (excluding diaryl/α,β-unsaturated/α-hetero) is 1. The Morgan fingerprint density at radius 3 is 2.05 bits per heavy atom. The van der Waals surface area contributed by atoms with Gasteiger partial charge >= 0.3 is 0 Å². The fourth-order valence-corrected chi connectivity index (χ4v) is 2.62. The van der Waals surface area contributed by atoms with Gasteiger partial charge in [0.25, 0.3) is 0 Å². The van der Waals surface area contributed by atoms with Gasteiger partial charge in [0.2, 0.25) is 0 Å². The molecule has 0 atom stereocenters. The van der Waals surface area contributed by atoms with Crippen LogP contribution >= 0.6 is 0 Å². The summed E-state index contributed by atoms with van der Waals surface area (Å²) in [4.78, 5) is 12.3. The molecule has 1 fully saturated rings. The average molecular weight is 280 g/mol. The molecule has 0 amide bonds. The molecule has 2 rings (SSSR count). The summed E-state index contributed by atoms with van der Waals surface area (Å²) < 4.78 is 22.0. The van der Waals surface area contributed by atoms with Crippen LogP contribution in [0.25, 0.3) is 0 Å². The number of carbonyl (C=O) groups is 1. The smallest absolute Gasteiger partial charge is 0.183 e. The van der Waals surface area contributed by atoms with Crippen LogP contribution in [0.15, 0.2) is 24.3 Å². The summed E-state index contributed by atoms with van der Waals surface area (Å²) in [6.07, 6.45) is 4.80. The van der Waals surface area contributed by atoms with Crippen molar-refractivity contribution in [2.75, 3.05) is 6.26 Å². The number of hydrogen-bond acceptors (Lipinski definition) is 3. The average Bonchev–Trinajstić information content (AvgIpc) is 2.25. The lowest BCUT2D eigenvalue weighted by molar-refractivity contribution is 0.0954. The quantitative estimate of drug-likeness (QED) is 0.797. The van der Waals surface area contributed by atoms with E-state index in [1.54, 1.807) is 12.1 Å². The summed E-state index contributed by atoms with van der Waals surface area (Å²) in [6, 6.07) is 7.41. The number of sulfone groups is 1. The van der Waals surface area contributed by atoms with E-state index in [1.165, 1.54) is 38.7 Å². The molecule has 0 N–H and O–H groups in total. The minimum Gasteiger partial charge on any atom is -0.292 e. The zero-order chi connectivity index (χ0) is 14.3. The van der Waals surface area contributed by atoms with Crippen LogP contribution in [0.5, 0.6) is 0 Å². The Balaban J connectivity index is 2.25. The number of hydrogen-bond donors (Lipinski definition) is 0. The van der Waals surface area contributed by atoms with Crippen LogP contribution in [-0.2, 0) is 9.84 Å². The van der Waals surface area contributed by atoms with E-state index in [0.717, 1.165) is 6.26 Å². The topological polar surface area (TPSA) is 51.2 Å². The van der Waals surface area contributed by atoms with Gasteiger partial charge in [0.05, 0.1) is 0 Å². The minimum atomic E-state index is -3.42. The standard InChI is InChI=1S/C15H20O3S/c1-15(2,19(3,17)18)14(16)13-9-7-12(8-10-13)11-5-4-6-11/h7-11H,4-6H2,1-3H3. The minimum absolute atomic E-state index is 0.338. The highest BCUT2D eigenvalue weighted by atomic mass is 32.2. The van der Waals surface area contributed by atoms with E-state index in [1.807, 2.05) is 12.1 Å². The van der Waals surface area contributed by atoms with Crippen molar-refractivity contribution in [3.8, 4) is 0 Å². The molecule has 0 heterocycles. The summed E-state index contributed by atoms with van der Waals surface area (Å²) in [5.74, 6) is 0.280. The molecule has 0 aromatic heterocycles. The lowest BCUT2D eigenvalue weighted by Gasteiger charge is -2.26. The van der Waals surface area contributed by atoms with Gasteiger partial charge < -0.3 is 0 Å². The molecule has 4 heteroatoms. The van der Waals surface area contributed by atoms with Crippen LogP contribution in [0.3, 0.4) is 0 Å². The van der Waals surface area contributed by atoms with Crippen LogP contribution in [0, 0.1) is 0 Å². The molecule has 1 aliphatic rings. The third-order valence-corrected chi connectivity index (χ3v) is 6.26. The number of carbonyl (C=O) groups excluding carboxylic acids is 1. The van der Waals surface area contributed by atoms with Crippen molar-refractivity contribution in [3.63, 3.8) is 0 Å². The first-order valence-electron chi connectivity index (χ1n) is 6.58. The van der Waals surface area contributed by atoms with E-state index in [2.05, 4.69) is 0 Å². The zero-order valence-corrected chi connectivity index (χ0v) is 12.5. The first-order chi connectivity index (χ1) is 8.73. The van der Waals surface area contributed by atoms with E-state index < -0.39 is 14.6 Å². The van der Waals surface area contributed by atoms with Crippen LogP contribution in [0.4, 0.5) is 0 Å². The van der Waals surface area contributed by atoms with E-state index in [4.69, 9.17) is 0 Å². The molecule has 0 radical (unpaired) electrons. The Hall–Kier alpha value is -1.16. The van der Waals surface area contributed by atoms with Gasteiger partial charge in [0.15, 0.2) is 15.6 Å². The van der Waals surface area contributed by atoms with Gasteiger partial charge in [-0.2, -0.15) is 0 Å². The van der Waals surface area contributed by atoms with Crippen molar-refractivity contribution in [2.45, 2.75) is 43.8 Å². The van der Waals surface area contributed by atoms with Gasteiger partial charge in [0.1, 0.15) is 4.75 Å². The molecular weight excluding hydrogens is 260 g/mol. The highest BCUT2D eigenvalue weighted by Crippen LogP contribution is 2.36. The maximum Gasteiger partial charge on any atom is 0.183 e. The molecule has 0 saturated heterocycles. The Morgan fingerprint density at radius 2 is 1.68 bits per heavy atom. The highest BCUT2D eigenvalue weighted by molar-refractivity contribution is 7.92. The summed E-state index contributed by atoms with van der Waals surface area (Å²) >= 11 is 0. The zero-order valence-electron chi connectivity index (χ0n) is 11.6. The number of benzene rings is 1. The fraction of sp³-hybridized carbons (Fsp3) is 0.533. The summed E-state index contributed by atoms with van der Waals surface area (Å²) in [5, 5.41) is 0. The lowest BCUT2D eigenvalue weighted by atomic mass is 9.80. The SMILES string of the molecule is CC(C)(C(=O)c1ccc(C2CCC2)cc1)S(C)(=O)=O. The van der Waals surface area contributed by atoms with Crippen LogP contribution in [-0.4, -0.2) is 25.2 Å². The maximum atomic E-state index is 12.3. The second kappa shape index (κ2) is 4.75. The van der Waals surface area contributed by atoms with Crippen molar-refractivity contribution < 1.29 is 13.2 Å². The Labute approximate surface area is 114 Å². The van der Waals surface area contributed by atoms with Crippen molar-refractivity contribution in [3.05, 3.63) is 35.4 Å². The molecule has 0 spiro atoms. The number of rotatable bonds is 4. The first kappa shape index (κ1) is 14.3. The van der Waals surface area contributed by atoms with E-state index >= 15 is 0 Å². The van der Waals surface area contributed by atoms with Gasteiger partial charge in [-0.1, -0.05) is 30.7 Å². The van der Waals surface area contributed by atoms with Gasteiger partial charge in [-0.3, -0.25) is 4.79 Å². The Kier molecular flexibility index (Phi) is 3.56. The molecule has 1 aromatic carbocycles. The second-order valence-corrected chi connectivity index (χ2v) is 8.43. The predicted molar refractivity (Wildman–Crippen MR) is 76.3 cm³/mol. The molecule has 0 bridgehead atoms. The van der Waals surface area contributed by atoms with Crippen molar-refractivity contribution in [1.82, 2.24) is 0 Å². The van der Waals surface area contributed by atoms with Gasteiger partial charge in [-0.05, 0) is 38.2 Å². The normalized spacial score (nSPS) is 17.0. The van der Waals surface area contributed by atoms with E-state index in [9.17, 15) is 13.2 Å². The third kappa shape index (κ3) is 2.59. The van der Waals surface area contributed by atoms with E-state index in [-0.39, 0.29) is 5.78 Å². The van der Waals surface area contributed by atoms with Crippen molar-refractivity contribution in [2.24, 2.45) is 0 Å². The highest BCUT2D eigenvalue weighted by Gasteiger charge is 2.38. The summed E-state index contributed by atoms with van der Waals surface area (Å²) in [6.45, 7) is 2.93. The summed E-state index contributed by atoms with van der Waals surface area (Å²) in [5.41, 5.74) is 1.72. The molecule has 19 heavy (non-hydrogen) atoms. The number of ketones is 1. The monoisotopic (exact) mass is 280 g/mol. The van der Waals surface area contributed by atoms with Gasteiger partial charge in [-0.25, -0.2) is 8.42 Å². The molecule has 104 valence electrons. The van der Waals surface area contributed by atoms with Crippen LogP contribution in [0.1, 0.15) is 54.9 Å². The van der Waals surface area contributed by atoms with Crippen molar-refractivity contribution >= 4 is 15.6 Å². The molecule has 0 unspecified atom stereocenters. The first-order valence-corrected chi connectivity index (χ1v) is 8.47. The Morgan fingerprint density at radius 1 is 1.16 bits per heavy atom. The fourth-order valence-electron chi connectivity index (χ4n) is 2.16. The van der Waals surface area contributed by atoms with Crippen LogP contribution < -0.4 is 0 Å². The van der Waals surface area contributed by atoms with Gasteiger partial charge in [0, 0.05) is 11.8 Å². The van der Waals surface area contributed by atoms with E-state index in [0.29, 0.717) is 11.5 Å². The second-order valence-electron chi connectivity index (χ2n) is 5.86. The maximum absolute atomic E-state index is 12.3. The molecule has 1 aromatic rings. The predicted octanol–water partition coefficient (Wildman–Crippen LogP) is 2.96. The molecular formula is C15H20O3S.